The van der Waals surface area contributed by atoms with Gasteiger partial charge in [-0.25, -0.2) is 0 Å². The molecule has 2 fully saturated rings. The predicted octanol–water partition coefficient (Wildman–Crippen LogP) is 4.15. The molecule has 6 N–H and O–H groups in total. The van der Waals surface area contributed by atoms with Crippen molar-refractivity contribution in [2.75, 3.05) is 19.3 Å². The van der Waals surface area contributed by atoms with Gasteiger partial charge in [0.05, 0.1) is 12.1 Å². The van der Waals surface area contributed by atoms with Crippen LogP contribution in [0.1, 0.15) is 118 Å². The van der Waals surface area contributed by atoms with Gasteiger partial charge in [-0.2, -0.15) is 27.5 Å². The lowest BCUT2D eigenvalue weighted by Crippen LogP contribution is -2.59. The van der Waals surface area contributed by atoms with Crippen molar-refractivity contribution in [2.24, 2.45) is 23.7 Å². The summed E-state index contributed by atoms with van der Waals surface area (Å²) < 4.78 is 60.1. The molecule has 0 bridgehead atoms. The minimum atomic E-state index is -4.32. The van der Waals surface area contributed by atoms with Crippen LogP contribution in [0, 0.1) is 23.7 Å². The summed E-state index contributed by atoms with van der Waals surface area (Å²) in [6, 6.07) is 9.39. The first-order chi connectivity index (χ1) is 39.2. The van der Waals surface area contributed by atoms with Gasteiger partial charge in [0.2, 0.25) is 64.5 Å². The third-order valence-corrected chi connectivity index (χ3v) is 14.8. The molecule has 4 rings (SSSR count). The molecule has 2 aliphatic heterocycles. The lowest BCUT2D eigenvalue weighted by Gasteiger charge is -2.32. The standard InChI is InChI=1S/C29H41BF2N4O6PS.C28H37F2N3O7/c1-17(2)24(26(40)29(31,32)21(37)14-13-19-10-7-6-8-11-19)34-27(41)20-12-9-15-36(20)28(42)25(18(3)4)33-22(38)16-23(39)35-30-44(5)43;1-16(2)23(25(38)28(29,30)20(34)13-12-18-9-6-5-7-10-18)32-26(39)19-11-8-14-33(19)27(40)24(17(3)4)31-21(35)15-22(36)37/h6-8,10-11,17-18,20,24-25,43H,9,12-16H2,1-5H3,(H,33,38)(H,34,41)(H,35,39);5-7,9-10,16-17,19,23-24H,8,11-15H2,1-4H3,(H,31,35)(H,32,39)(H,36,37)/t20?,24-,25-,44?;19?,23-,24-/m00/s1. The molecule has 2 aliphatic rings. The van der Waals surface area contributed by atoms with Gasteiger partial charge in [0, 0.05) is 25.9 Å². The van der Waals surface area contributed by atoms with Gasteiger partial charge in [-0.05, 0) is 79.6 Å². The van der Waals surface area contributed by atoms with Gasteiger partial charge < -0.3 is 41.4 Å². The van der Waals surface area contributed by atoms with Gasteiger partial charge in [-0.15, -0.1) is 8.02 Å². The number of nitrogens with one attached hydrogen (secondary N) is 5. The van der Waals surface area contributed by atoms with Gasteiger partial charge in [0.1, 0.15) is 37.0 Å². The predicted molar refractivity (Wildman–Crippen MR) is 308 cm³/mol. The first-order valence-electron chi connectivity index (χ1n) is 27.7. The van der Waals surface area contributed by atoms with E-state index < -0.39 is 168 Å². The second-order valence-electron chi connectivity index (χ2n) is 22.1. The van der Waals surface area contributed by atoms with Crippen molar-refractivity contribution in [2.45, 2.75) is 168 Å². The maximum absolute atomic E-state index is 15.1. The van der Waals surface area contributed by atoms with Crippen molar-refractivity contribution in [1.29, 1.82) is 0 Å². The van der Waals surface area contributed by atoms with Gasteiger partial charge >= 0.3 is 24.5 Å². The van der Waals surface area contributed by atoms with E-state index in [4.69, 9.17) is 5.11 Å². The van der Waals surface area contributed by atoms with Crippen molar-refractivity contribution >= 4 is 95.1 Å². The fourth-order valence-corrected chi connectivity index (χ4v) is 9.77. The molecule has 0 aromatic heterocycles. The van der Waals surface area contributed by atoms with Gasteiger partial charge in [-0.1, -0.05) is 116 Å². The van der Waals surface area contributed by atoms with Crippen LogP contribution in [0.5, 0.6) is 0 Å². The highest BCUT2D eigenvalue weighted by atomic mass is 32.5. The summed E-state index contributed by atoms with van der Waals surface area (Å²) in [7, 11) is 2.94. The number of benzene rings is 2. The number of nitrogens with zero attached hydrogens (tertiary/aromatic N) is 2. The SMILES string of the molecule is CC(C)[C@H](NC(=O)CC(=O)N[B]S(C)=P)C(=O)N1CCCC1C(=O)N[C@H](C(=O)C(F)(F)C(=O)CCc1ccccc1)C(C)C.CC(C)[C@H](NC(=O)CC(=O)O)C(=O)N1CCCC1C(=O)N[C@H](C(=O)C(F)(F)C(=O)CCc1ccccc1)C(C)C. The summed E-state index contributed by atoms with van der Waals surface area (Å²) in [5.74, 6) is -23.8. The fourth-order valence-electron chi connectivity index (χ4n) is 9.28. The lowest BCUT2D eigenvalue weighted by molar-refractivity contribution is -0.160. The molecule has 461 valence electrons. The normalized spacial score (nSPS) is 17.0. The molecule has 20 nitrogen and oxygen atoms in total. The molecule has 2 saturated heterocycles. The number of amides is 7. The van der Waals surface area contributed by atoms with Crippen LogP contribution in [0.2, 0.25) is 0 Å². The van der Waals surface area contributed by atoms with E-state index in [-0.39, 0.29) is 48.7 Å². The Morgan fingerprint density at radius 1 is 0.560 bits per heavy atom. The number of aryl methyl sites for hydroxylation is 2. The van der Waals surface area contributed by atoms with Crippen molar-refractivity contribution in [3.8, 4) is 0 Å². The van der Waals surface area contributed by atoms with Crippen LogP contribution >= 0.6 is 8.02 Å². The topological polar surface area (TPSA) is 292 Å². The Hall–Kier alpha value is -6.69. The molecule has 2 aromatic rings. The maximum atomic E-state index is 15.1. The fraction of sp³-hybridized carbons (Fsp3) is 0.579. The zero-order valence-electron chi connectivity index (χ0n) is 48.8. The Labute approximate surface area is 492 Å². The molecular formula is C57H78BF4N7O13PS. The highest BCUT2D eigenvalue weighted by molar-refractivity contribution is 8.32. The van der Waals surface area contributed by atoms with Crippen LogP contribution in [-0.4, -0.2) is 159 Å². The summed E-state index contributed by atoms with van der Waals surface area (Å²) in [4.78, 5) is 154. The highest BCUT2D eigenvalue weighted by Gasteiger charge is 2.53. The summed E-state index contributed by atoms with van der Waals surface area (Å²) in [6.07, 6.45) is 0.641. The Kier molecular flexibility index (Phi) is 28.2. The molecule has 84 heavy (non-hydrogen) atoms. The number of carboxylic acids is 1. The second kappa shape index (κ2) is 33.1. The molecule has 2 aromatic carbocycles. The molecule has 3 unspecified atom stereocenters. The molecule has 1 radical (unpaired) electrons. The monoisotopic (exact) mass is 1220 g/mol. The summed E-state index contributed by atoms with van der Waals surface area (Å²) in [5, 5.41) is 21.0. The second-order valence-corrected chi connectivity index (χ2v) is 25.4. The zero-order chi connectivity index (χ0) is 63.4. The van der Waals surface area contributed by atoms with Gasteiger partial charge in [0.15, 0.2) is 0 Å². The number of halogens is 4. The maximum Gasteiger partial charge on any atom is 0.364 e. The summed E-state index contributed by atoms with van der Waals surface area (Å²) >= 11 is 0. The van der Waals surface area contributed by atoms with Gasteiger partial charge in [-0.3, -0.25) is 57.5 Å². The van der Waals surface area contributed by atoms with E-state index in [0.717, 1.165) is 0 Å². The van der Waals surface area contributed by atoms with E-state index in [2.05, 4.69) is 34.5 Å². The third kappa shape index (κ3) is 21.1. The first kappa shape index (κ1) is 71.6. The zero-order valence-corrected chi connectivity index (χ0v) is 50.6. The number of aliphatic carboxylic acids is 1. The van der Waals surface area contributed by atoms with E-state index >= 15 is 8.78 Å². The summed E-state index contributed by atoms with van der Waals surface area (Å²) in [6.45, 7) is 14.3. The largest absolute Gasteiger partial charge is 0.481 e. The molecule has 7 atom stereocenters. The number of carbonyl (C=O) groups excluding carboxylic acids is 11. The number of hydrogen-bond acceptors (Lipinski definition) is 12. The van der Waals surface area contributed by atoms with Crippen LogP contribution < -0.4 is 26.5 Å². The number of carbonyl (C=O) groups is 12. The number of hydrogen-bond donors (Lipinski definition) is 6. The Morgan fingerprint density at radius 3 is 1.23 bits per heavy atom. The average molecular weight is 1220 g/mol. The molecule has 0 spiro atoms. The number of likely N-dealkylation sites (tertiary alicyclic amines) is 2. The quantitative estimate of drug-likeness (QED) is 0.0278. The Balaban J connectivity index is 0.000000442. The Morgan fingerprint density at radius 2 is 0.905 bits per heavy atom. The first-order valence-corrected chi connectivity index (χ1v) is 30.6. The average Bonchev–Trinajstić information content (AvgIpc) is 2.82. The van der Waals surface area contributed by atoms with Crippen molar-refractivity contribution in [3.05, 3.63) is 71.8 Å². The number of carboxylic acid groups (broad SMARTS) is 1. The number of alkyl halides is 4. The molecule has 2 heterocycles. The molecule has 27 heteroatoms. The van der Waals surface area contributed by atoms with Crippen LogP contribution in [0.25, 0.3) is 0 Å². The number of Topliss-reactive ketones (excluding diaryl/α,β-unsaturated/α-hetero) is 4. The van der Waals surface area contributed by atoms with Crippen LogP contribution in [0.15, 0.2) is 60.7 Å². The van der Waals surface area contributed by atoms with Crippen molar-refractivity contribution in [1.82, 2.24) is 36.3 Å². The molecule has 0 saturated carbocycles. The lowest BCUT2D eigenvalue weighted by atomic mass is 9.91. The minimum Gasteiger partial charge on any atom is -0.481 e. The minimum absolute atomic E-state index is 0.0282. The van der Waals surface area contributed by atoms with Crippen LogP contribution in [0.3, 0.4) is 0 Å². The molecule has 0 aliphatic carbocycles. The van der Waals surface area contributed by atoms with E-state index in [1.165, 1.54) is 44.2 Å². The van der Waals surface area contributed by atoms with E-state index in [1.54, 1.807) is 94.6 Å². The highest BCUT2D eigenvalue weighted by Crippen LogP contribution is 2.28. The molecular weight excluding hydrogens is 1140 g/mol. The van der Waals surface area contributed by atoms with Crippen molar-refractivity contribution < 1.29 is 80.2 Å². The number of rotatable bonds is 30. The van der Waals surface area contributed by atoms with Crippen LogP contribution in [0.4, 0.5) is 17.6 Å². The van der Waals surface area contributed by atoms with E-state index in [1.807, 2.05) is 0 Å². The third-order valence-electron chi connectivity index (χ3n) is 14.0. The Bertz CT molecular complexity index is 2730. The molecule has 7 amide bonds. The van der Waals surface area contributed by atoms with E-state index in [9.17, 15) is 66.3 Å². The van der Waals surface area contributed by atoms with Crippen molar-refractivity contribution in [3.63, 3.8) is 0 Å². The van der Waals surface area contributed by atoms with Gasteiger partial charge in [0.25, 0.3) is 0 Å². The number of ketones is 4. The van der Waals surface area contributed by atoms with E-state index in [0.29, 0.717) is 24.0 Å². The summed E-state index contributed by atoms with van der Waals surface area (Å²) in [5.41, 5.74) is 1.34. The van der Waals surface area contributed by atoms with Crippen LogP contribution in [-0.2, 0) is 80.3 Å². The smallest absolute Gasteiger partial charge is 0.364 e.